The zero-order chi connectivity index (χ0) is 21.8. The maximum atomic E-state index is 12.3. The van der Waals surface area contributed by atoms with Gasteiger partial charge in [-0.2, -0.15) is 0 Å². The van der Waals surface area contributed by atoms with Crippen molar-refractivity contribution in [3.63, 3.8) is 0 Å². The first-order chi connectivity index (χ1) is 13.7. The molecule has 0 bridgehead atoms. The molecule has 0 spiro atoms. The number of aliphatic carboxylic acids is 1. The molecule has 0 radical (unpaired) electrons. The molecule has 3 unspecified atom stereocenters. The highest BCUT2D eigenvalue weighted by atomic mass is 16.4. The molecule has 1 aliphatic rings. The van der Waals surface area contributed by atoms with E-state index in [0.717, 1.165) is 6.42 Å². The standard InChI is InChI=1S/C17H30N6O6/c18-6-2-1-4-11(17(28)29)22-14(25)9-21-15(26)12(8-13(19)24)23-16(27)10-5-3-7-20-10/h10-12,20H,1-9,18H2,(H2,19,24)(H,21,26)(H,22,25)(H,23,27)(H,28,29). The molecule has 9 N–H and O–H groups in total. The van der Waals surface area contributed by atoms with Crippen LogP contribution < -0.4 is 32.7 Å². The summed E-state index contributed by atoms with van der Waals surface area (Å²) in [5, 5.41) is 19.2. The number of unbranched alkanes of at least 4 members (excludes halogenated alkanes) is 1. The van der Waals surface area contributed by atoms with E-state index in [1.807, 2.05) is 0 Å². The van der Waals surface area contributed by atoms with Gasteiger partial charge in [-0.3, -0.25) is 19.2 Å². The van der Waals surface area contributed by atoms with E-state index in [-0.39, 0.29) is 6.42 Å². The molecule has 29 heavy (non-hydrogen) atoms. The number of nitrogens with one attached hydrogen (secondary N) is 4. The molecule has 0 aromatic carbocycles. The Morgan fingerprint density at radius 1 is 1.10 bits per heavy atom. The molecule has 12 heteroatoms. The highest BCUT2D eigenvalue weighted by Crippen LogP contribution is 2.06. The van der Waals surface area contributed by atoms with E-state index in [2.05, 4.69) is 21.3 Å². The lowest BCUT2D eigenvalue weighted by Gasteiger charge is -2.20. The van der Waals surface area contributed by atoms with E-state index < -0.39 is 60.7 Å². The van der Waals surface area contributed by atoms with Crippen LogP contribution in [0, 0.1) is 0 Å². The fraction of sp³-hybridized carbons (Fsp3) is 0.706. The smallest absolute Gasteiger partial charge is 0.326 e. The van der Waals surface area contributed by atoms with E-state index in [1.165, 1.54) is 0 Å². The third-order valence-electron chi connectivity index (χ3n) is 4.42. The summed E-state index contributed by atoms with van der Waals surface area (Å²) in [6.07, 6.45) is 2.37. The highest BCUT2D eigenvalue weighted by molar-refractivity contribution is 5.95. The van der Waals surface area contributed by atoms with Crippen molar-refractivity contribution in [1.29, 1.82) is 0 Å². The number of carboxylic acids is 1. The molecule has 4 amide bonds. The molecule has 1 saturated heterocycles. The van der Waals surface area contributed by atoms with Crippen LogP contribution in [0.1, 0.15) is 38.5 Å². The third-order valence-corrected chi connectivity index (χ3v) is 4.42. The molecular weight excluding hydrogens is 384 g/mol. The number of amides is 4. The van der Waals surface area contributed by atoms with Gasteiger partial charge in [0.25, 0.3) is 0 Å². The van der Waals surface area contributed by atoms with Crippen LogP contribution in [0.5, 0.6) is 0 Å². The molecule has 12 nitrogen and oxygen atoms in total. The van der Waals surface area contributed by atoms with Crippen molar-refractivity contribution < 1.29 is 29.1 Å². The number of nitrogens with two attached hydrogens (primary N) is 2. The lowest BCUT2D eigenvalue weighted by Crippen LogP contribution is -2.54. The Balaban J connectivity index is 2.54. The number of hydrogen-bond donors (Lipinski definition) is 7. The molecule has 0 aliphatic carbocycles. The Morgan fingerprint density at radius 2 is 1.83 bits per heavy atom. The third kappa shape index (κ3) is 9.34. The van der Waals surface area contributed by atoms with Gasteiger partial charge in [0.1, 0.15) is 12.1 Å². The van der Waals surface area contributed by atoms with Crippen molar-refractivity contribution in [2.75, 3.05) is 19.6 Å². The average Bonchev–Trinajstić information content (AvgIpc) is 3.19. The Morgan fingerprint density at radius 3 is 2.38 bits per heavy atom. The predicted octanol–water partition coefficient (Wildman–Crippen LogP) is -3.09. The minimum Gasteiger partial charge on any atom is -0.480 e. The SMILES string of the molecule is NCCCCC(NC(=O)CNC(=O)C(CC(N)=O)NC(=O)C1CCCN1)C(=O)O. The number of rotatable bonds is 13. The molecule has 164 valence electrons. The summed E-state index contributed by atoms with van der Waals surface area (Å²) >= 11 is 0. The minimum absolute atomic E-state index is 0.209. The van der Waals surface area contributed by atoms with Crippen LogP contribution in [-0.2, 0) is 24.0 Å². The van der Waals surface area contributed by atoms with E-state index in [1.54, 1.807) is 0 Å². The molecule has 0 aromatic heterocycles. The van der Waals surface area contributed by atoms with Crippen molar-refractivity contribution in [2.24, 2.45) is 11.5 Å². The Bertz CT molecular complexity index is 607. The molecular formula is C17H30N6O6. The van der Waals surface area contributed by atoms with Crippen molar-refractivity contribution in [2.45, 2.75) is 56.7 Å². The summed E-state index contributed by atoms with van der Waals surface area (Å²) < 4.78 is 0. The number of carbonyl (C=O) groups excluding carboxylic acids is 4. The van der Waals surface area contributed by atoms with E-state index in [9.17, 15) is 24.0 Å². The van der Waals surface area contributed by atoms with Crippen molar-refractivity contribution in [1.82, 2.24) is 21.3 Å². The largest absolute Gasteiger partial charge is 0.480 e. The maximum Gasteiger partial charge on any atom is 0.326 e. The van der Waals surface area contributed by atoms with Gasteiger partial charge in [-0.25, -0.2) is 4.79 Å². The summed E-state index contributed by atoms with van der Waals surface area (Å²) in [6, 6.07) is -2.78. The second-order valence-corrected chi connectivity index (χ2v) is 6.84. The first-order valence-corrected chi connectivity index (χ1v) is 9.56. The zero-order valence-electron chi connectivity index (χ0n) is 16.2. The summed E-state index contributed by atoms with van der Waals surface area (Å²) in [4.78, 5) is 58.9. The monoisotopic (exact) mass is 414 g/mol. The summed E-state index contributed by atoms with van der Waals surface area (Å²) in [7, 11) is 0. The van der Waals surface area contributed by atoms with Crippen LogP contribution in [0.15, 0.2) is 0 Å². The van der Waals surface area contributed by atoms with Gasteiger partial charge in [0.15, 0.2) is 0 Å². The first-order valence-electron chi connectivity index (χ1n) is 9.56. The maximum absolute atomic E-state index is 12.3. The highest BCUT2D eigenvalue weighted by Gasteiger charge is 2.29. The summed E-state index contributed by atoms with van der Waals surface area (Å²) in [6.45, 7) is 0.590. The van der Waals surface area contributed by atoms with Crippen LogP contribution >= 0.6 is 0 Å². The van der Waals surface area contributed by atoms with Gasteiger partial charge in [-0.05, 0) is 45.2 Å². The van der Waals surface area contributed by atoms with Gasteiger partial charge in [-0.1, -0.05) is 0 Å². The van der Waals surface area contributed by atoms with E-state index in [0.29, 0.717) is 32.4 Å². The topological polar surface area (TPSA) is 206 Å². The van der Waals surface area contributed by atoms with Crippen LogP contribution in [0.2, 0.25) is 0 Å². The fourth-order valence-corrected chi connectivity index (χ4v) is 2.88. The molecule has 1 fully saturated rings. The molecule has 0 saturated carbocycles. The zero-order valence-corrected chi connectivity index (χ0v) is 16.2. The summed E-state index contributed by atoms with van der Waals surface area (Å²) in [5.74, 6) is -3.88. The predicted molar refractivity (Wildman–Crippen MR) is 102 cm³/mol. The van der Waals surface area contributed by atoms with Crippen LogP contribution in [0.3, 0.4) is 0 Å². The van der Waals surface area contributed by atoms with Gasteiger partial charge < -0.3 is 37.8 Å². The van der Waals surface area contributed by atoms with Crippen LogP contribution in [-0.4, -0.2) is 72.5 Å². The van der Waals surface area contributed by atoms with Gasteiger partial charge in [0.05, 0.1) is 19.0 Å². The average molecular weight is 414 g/mol. The van der Waals surface area contributed by atoms with Crippen LogP contribution in [0.4, 0.5) is 0 Å². The molecule has 1 rings (SSSR count). The van der Waals surface area contributed by atoms with E-state index in [4.69, 9.17) is 16.6 Å². The number of primary amides is 1. The Hall–Kier alpha value is -2.73. The van der Waals surface area contributed by atoms with Gasteiger partial charge in [0.2, 0.25) is 23.6 Å². The van der Waals surface area contributed by atoms with Gasteiger partial charge >= 0.3 is 5.97 Å². The van der Waals surface area contributed by atoms with Crippen molar-refractivity contribution >= 4 is 29.6 Å². The van der Waals surface area contributed by atoms with Crippen molar-refractivity contribution in [3.8, 4) is 0 Å². The lowest BCUT2D eigenvalue weighted by atomic mass is 10.1. The molecule has 1 heterocycles. The number of carboxylic acid groups (broad SMARTS) is 1. The second kappa shape index (κ2) is 12.7. The molecule has 1 aliphatic heterocycles. The normalized spacial score (nSPS) is 17.8. The molecule has 3 atom stereocenters. The summed E-state index contributed by atoms with van der Waals surface area (Å²) in [5.41, 5.74) is 10.5. The first kappa shape index (κ1) is 24.3. The molecule has 0 aromatic rings. The Labute approximate surface area is 168 Å². The second-order valence-electron chi connectivity index (χ2n) is 6.84. The number of carbonyl (C=O) groups is 5. The quantitative estimate of drug-likeness (QED) is 0.153. The lowest BCUT2D eigenvalue weighted by molar-refractivity contribution is -0.142. The minimum atomic E-state index is -1.23. The number of hydrogen-bond acceptors (Lipinski definition) is 7. The fourth-order valence-electron chi connectivity index (χ4n) is 2.88. The van der Waals surface area contributed by atoms with E-state index >= 15 is 0 Å². The van der Waals surface area contributed by atoms with Crippen LogP contribution in [0.25, 0.3) is 0 Å². The van der Waals surface area contributed by atoms with Gasteiger partial charge in [-0.15, -0.1) is 0 Å². The Kier molecular flexibility index (Phi) is 10.6. The van der Waals surface area contributed by atoms with Crippen molar-refractivity contribution in [3.05, 3.63) is 0 Å². The van der Waals surface area contributed by atoms with Gasteiger partial charge in [0, 0.05) is 0 Å².